The number of carbonyl (C=O) groups excluding carboxylic acids is 2. The van der Waals surface area contributed by atoms with Gasteiger partial charge in [-0.3, -0.25) is 4.79 Å². The molecule has 0 aromatic heterocycles. The van der Waals surface area contributed by atoms with Gasteiger partial charge < -0.3 is 10.1 Å². The summed E-state index contributed by atoms with van der Waals surface area (Å²) in [5, 5.41) is 16.4. The summed E-state index contributed by atoms with van der Waals surface area (Å²) in [6, 6.07) is 13.0. The summed E-state index contributed by atoms with van der Waals surface area (Å²) in [5.41, 5.74) is 0.848. The number of sulfonamides is 1. The Morgan fingerprint density at radius 1 is 1.19 bits per heavy atom. The second kappa shape index (κ2) is 7.77. The predicted molar refractivity (Wildman–Crippen MR) is 92.5 cm³/mol. The van der Waals surface area contributed by atoms with Gasteiger partial charge in [0.15, 0.2) is 6.10 Å². The van der Waals surface area contributed by atoms with E-state index in [-0.39, 0.29) is 10.5 Å². The molecule has 0 spiro atoms. The highest BCUT2D eigenvalue weighted by Gasteiger charge is 2.19. The number of anilines is 1. The summed E-state index contributed by atoms with van der Waals surface area (Å²) in [4.78, 5) is 24.0. The number of primary sulfonamides is 1. The standard InChI is InChI=1S/C17H15N3O5S/c1-11(16(21)20-14-4-2-3-12(9-14)10-18)25-17(22)13-5-7-15(8-6-13)26(19,23)24/h2-9,11H,1H3,(H,20,21)(H2,19,23,24). The Kier molecular flexibility index (Phi) is 5.71. The summed E-state index contributed by atoms with van der Waals surface area (Å²) >= 11 is 0. The van der Waals surface area contributed by atoms with Crippen LogP contribution in [0.25, 0.3) is 0 Å². The smallest absolute Gasteiger partial charge is 0.338 e. The second-order valence-electron chi connectivity index (χ2n) is 5.30. The van der Waals surface area contributed by atoms with Crippen LogP contribution < -0.4 is 10.5 Å². The lowest BCUT2D eigenvalue weighted by molar-refractivity contribution is -0.123. The van der Waals surface area contributed by atoms with E-state index in [0.717, 1.165) is 0 Å². The number of nitrogens with zero attached hydrogens (tertiary/aromatic N) is 1. The SMILES string of the molecule is CC(OC(=O)c1ccc(S(N)(=O)=O)cc1)C(=O)Nc1cccc(C#N)c1. The summed E-state index contributed by atoms with van der Waals surface area (Å²) in [6.07, 6.45) is -1.11. The van der Waals surface area contributed by atoms with Crippen molar-refractivity contribution in [1.29, 1.82) is 5.26 Å². The molecule has 1 amide bonds. The fourth-order valence-electron chi connectivity index (χ4n) is 1.97. The van der Waals surface area contributed by atoms with Gasteiger partial charge in [0.25, 0.3) is 5.91 Å². The third-order valence-electron chi connectivity index (χ3n) is 3.33. The molecular formula is C17H15N3O5S. The van der Waals surface area contributed by atoms with E-state index in [1.807, 2.05) is 6.07 Å². The molecule has 26 heavy (non-hydrogen) atoms. The molecule has 3 N–H and O–H groups in total. The molecule has 0 radical (unpaired) electrons. The highest BCUT2D eigenvalue weighted by Crippen LogP contribution is 2.13. The topological polar surface area (TPSA) is 139 Å². The number of nitrogens with one attached hydrogen (secondary N) is 1. The number of ether oxygens (including phenoxy) is 1. The molecule has 0 aliphatic carbocycles. The number of amides is 1. The summed E-state index contributed by atoms with van der Waals surface area (Å²) < 4.78 is 27.4. The molecule has 2 aromatic carbocycles. The average Bonchev–Trinajstić information content (AvgIpc) is 2.61. The van der Waals surface area contributed by atoms with E-state index in [1.165, 1.54) is 37.3 Å². The number of esters is 1. The Balaban J connectivity index is 2.01. The highest BCUT2D eigenvalue weighted by molar-refractivity contribution is 7.89. The minimum atomic E-state index is -3.86. The van der Waals surface area contributed by atoms with E-state index < -0.39 is 28.0 Å². The third kappa shape index (κ3) is 4.89. The molecule has 0 aliphatic rings. The molecule has 9 heteroatoms. The lowest BCUT2D eigenvalue weighted by atomic mass is 10.2. The van der Waals surface area contributed by atoms with E-state index in [1.54, 1.807) is 18.2 Å². The predicted octanol–water partition coefficient (Wildman–Crippen LogP) is 1.39. The van der Waals surface area contributed by atoms with E-state index in [4.69, 9.17) is 15.1 Å². The van der Waals surface area contributed by atoms with E-state index in [0.29, 0.717) is 11.3 Å². The van der Waals surface area contributed by atoms with Gasteiger partial charge in [-0.05, 0) is 49.4 Å². The molecule has 2 rings (SSSR count). The first kappa shape index (κ1) is 19.1. The van der Waals surface area contributed by atoms with E-state index in [9.17, 15) is 18.0 Å². The van der Waals surface area contributed by atoms with Crippen LogP contribution in [0.3, 0.4) is 0 Å². The first-order valence-corrected chi connectivity index (χ1v) is 8.90. The van der Waals surface area contributed by atoms with Crippen LogP contribution in [0, 0.1) is 11.3 Å². The summed E-state index contributed by atoms with van der Waals surface area (Å²) in [7, 11) is -3.86. The maximum absolute atomic E-state index is 12.1. The van der Waals surface area contributed by atoms with E-state index in [2.05, 4.69) is 5.32 Å². The molecule has 0 fully saturated rings. The zero-order valence-electron chi connectivity index (χ0n) is 13.7. The molecule has 2 aromatic rings. The van der Waals surface area contributed by atoms with Crippen LogP contribution in [0.4, 0.5) is 5.69 Å². The Labute approximate surface area is 150 Å². The van der Waals surface area contributed by atoms with Crippen molar-refractivity contribution in [2.45, 2.75) is 17.9 Å². The van der Waals surface area contributed by atoms with Gasteiger partial charge in [0.2, 0.25) is 10.0 Å². The monoisotopic (exact) mass is 373 g/mol. The van der Waals surface area contributed by atoms with Crippen molar-refractivity contribution in [3.8, 4) is 6.07 Å². The molecular weight excluding hydrogens is 358 g/mol. The van der Waals surface area contributed by atoms with Gasteiger partial charge in [-0.15, -0.1) is 0 Å². The second-order valence-corrected chi connectivity index (χ2v) is 6.86. The molecule has 0 aliphatic heterocycles. The Hall–Kier alpha value is -3.22. The normalized spacial score (nSPS) is 11.9. The number of carbonyl (C=O) groups is 2. The van der Waals surface area contributed by atoms with Gasteiger partial charge in [0.05, 0.1) is 22.1 Å². The summed E-state index contributed by atoms with van der Waals surface area (Å²) in [5.74, 6) is -1.37. The molecule has 0 saturated heterocycles. The van der Waals surface area contributed by atoms with Gasteiger partial charge in [0, 0.05) is 5.69 Å². The third-order valence-corrected chi connectivity index (χ3v) is 4.26. The van der Waals surface area contributed by atoms with Crippen molar-refractivity contribution in [2.75, 3.05) is 5.32 Å². The lowest BCUT2D eigenvalue weighted by Gasteiger charge is -2.13. The van der Waals surface area contributed by atoms with Crippen LogP contribution in [-0.2, 0) is 19.6 Å². The van der Waals surface area contributed by atoms with Crippen molar-refractivity contribution in [3.05, 3.63) is 59.7 Å². The molecule has 1 atom stereocenters. The zero-order valence-corrected chi connectivity index (χ0v) is 14.5. The van der Waals surface area contributed by atoms with Gasteiger partial charge >= 0.3 is 5.97 Å². The largest absolute Gasteiger partial charge is 0.449 e. The van der Waals surface area contributed by atoms with Crippen molar-refractivity contribution >= 4 is 27.6 Å². The van der Waals surface area contributed by atoms with Crippen molar-refractivity contribution in [1.82, 2.24) is 0 Å². The van der Waals surface area contributed by atoms with Gasteiger partial charge in [-0.1, -0.05) is 6.07 Å². The molecule has 0 saturated carbocycles. The van der Waals surface area contributed by atoms with E-state index >= 15 is 0 Å². The quantitative estimate of drug-likeness (QED) is 0.759. The fraction of sp³-hybridized carbons (Fsp3) is 0.118. The Morgan fingerprint density at radius 3 is 2.42 bits per heavy atom. The molecule has 8 nitrogen and oxygen atoms in total. The number of nitrogens with two attached hydrogens (primary N) is 1. The number of rotatable bonds is 5. The Bertz CT molecular complexity index is 978. The number of hydrogen-bond acceptors (Lipinski definition) is 6. The Morgan fingerprint density at radius 2 is 1.85 bits per heavy atom. The average molecular weight is 373 g/mol. The first-order valence-electron chi connectivity index (χ1n) is 7.35. The van der Waals surface area contributed by atoms with Crippen LogP contribution in [-0.4, -0.2) is 26.4 Å². The van der Waals surface area contributed by atoms with Crippen LogP contribution in [0.15, 0.2) is 53.4 Å². The number of hydrogen-bond donors (Lipinski definition) is 2. The van der Waals surface area contributed by atoms with Crippen molar-refractivity contribution in [2.24, 2.45) is 5.14 Å². The van der Waals surface area contributed by atoms with Gasteiger partial charge in [-0.25, -0.2) is 18.4 Å². The summed E-state index contributed by atoms with van der Waals surface area (Å²) in [6.45, 7) is 1.39. The number of nitriles is 1. The fourth-order valence-corrected chi connectivity index (χ4v) is 2.49. The molecule has 1 unspecified atom stereocenters. The molecule has 0 bridgehead atoms. The maximum atomic E-state index is 12.1. The minimum Gasteiger partial charge on any atom is -0.449 e. The van der Waals surface area contributed by atoms with Crippen molar-refractivity contribution < 1.29 is 22.7 Å². The molecule has 0 heterocycles. The van der Waals surface area contributed by atoms with Gasteiger partial charge in [0.1, 0.15) is 0 Å². The van der Waals surface area contributed by atoms with Crippen LogP contribution in [0.5, 0.6) is 0 Å². The van der Waals surface area contributed by atoms with Crippen LogP contribution in [0.1, 0.15) is 22.8 Å². The van der Waals surface area contributed by atoms with Gasteiger partial charge in [-0.2, -0.15) is 5.26 Å². The minimum absolute atomic E-state index is 0.0727. The maximum Gasteiger partial charge on any atom is 0.338 e. The first-order chi connectivity index (χ1) is 12.2. The van der Waals surface area contributed by atoms with Crippen LogP contribution >= 0.6 is 0 Å². The molecule has 134 valence electrons. The zero-order chi connectivity index (χ0) is 19.3. The van der Waals surface area contributed by atoms with Crippen LogP contribution in [0.2, 0.25) is 0 Å². The number of benzene rings is 2. The highest BCUT2D eigenvalue weighted by atomic mass is 32.2. The van der Waals surface area contributed by atoms with Crippen molar-refractivity contribution in [3.63, 3.8) is 0 Å². The lowest BCUT2D eigenvalue weighted by Crippen LogP contribution is -2.30.